The second-order valence-electron chi connectivity index (χ2n) is 22.2. The standard InChI is InChI=1S/C74H88N8/c1-16-42-35-60-57(72-54(28-13)51(25-10)69(80-72)39-66-48(22-7)45(19-4)63(77-66)37-62-44(18-3)43(17-2)61(76-62)36-59(42)75-60)33-31-32-34-58-73-55(29-14)52(26-11)70(81-73)40-67-49(23-8)46(20-5)64(78-67)38-65-47(21-6)50(24-9)68(79-65)41-71-53(27-12)56(30-15)74(58)82-71/h32,34-41,76-79H,16-30H2,1-15H3/b34-32+,59-36?,60-57?,61-36?,62-37?,63-37?,64-38?,65-38?,66-39?,67-40?,68-41?,69-39?,70-40?,71-41?,72-57?,73-58?,74-58?. The monoisotopic (exact) mass is 1090 g/mol. The maximum atomic E-state index is 5.73. The first kappa shape index (κ1) is 57.7. The highest BCUT2D eigenvalue weighted by atomic mass is 14.8. The van der Waals surface area contributed by atoms with Crippen molar-refractivity contribution in [1.82, 2.24) is 39.9 Å². The molecule has 4 aliphatic rings. The fourth-order valence-electron chi connectivity index (χ4n) is 14.3. The van der Waals surface area contributed by atoms with Crippen LogP contribution in [0.15, 0.2) is 42.5 Å². The summed E-state index contributed by atoms with van der Waals surface area (Å²) in [7, 11) is 0. The zero-order valence-corrected chi connectivity index (χ0v) is 52.1. The molecule has 424 valence electrons. The van der Waals surface area contributed by atoms with E-state index in [-0.39, 0.29) is 0 Å². The van der Waals surface area contributed by atoms with Crippen LogP contribution in [0.5, 0.6) is 0 Å². The van der Waals surface area contributed by atoms with Crippen molar-refractivity contribution < 1.29 is 0 Å². The number of aromatic nitrogens is 8. The van der Waals surface area contributed by atoms with E-state index in [4.69, 9.17) is 19.9 Å². The third-order valence-electron chi connectivity index (χ3n) is 18.2. The molecule has 0 fully saturated rings. The normalized spacial score (nSPS) is 13.6. The van der Waals surface area contributed by atoms with Crippen LogP contribution < -0.4 is 0 Å². The van der Waals surface area contributed by atoms with Crippen molar-refractivity contribution in [2.24, 2.45) is 0 Å². The number of aromatic amines is 4. The number of nitrogens with zero attached hydrogens (tertiary/aromatic N) is 4. The third-order valence-corrected chi connectivity index (χ3v) is 18.2. The van der Waals surface area contributed by atoms with Crippen LogP contribution in [-0.2, 0) is 51.4 Å². The quantitative estimate of drug-likeness (QED) is 0.0723. The summed E-state index contributed by atoms with van der Waals surface area (Å²) in [5.74, 6) is 7.46. The summed E-state index contributed by atoms with van der Waals surface area (Å²) in [6, 6.07) is 14.0. The number of hydrogen-bond acceptors (Lipinski definition) is 4. The Morgan fingerprint density at radius 2 is 0.634 bits per heavy atom. The van der Waals surface area contributed by atoms with Crippen LogP contribution in [0.25, 0.3) is 95.3 Å². The van der Waals surface area contributed by atoms with Crippen molar-refractivity contribution in [2.75, 3.05) is 0 Å². The summed E-state index contributed by atoms with van der Waals surface area (Å²) in [4.78, 5) is 38.4. The predicted molar refractivity (Wildman–Crippen MR) is 353 cm³/mol. The summed E-state index contributed by atoms with van der Waals surface area (Å²) in [5, 5.41) is 0. The van der Waals surface area contributed by atoms with Gasteiger partial charge in [-0.05, 0) is 234 Å². The Morgan fingerprint density at radius 1 is 0.329 bits per heavy atom. The van der Waals surface area contributed by atoms with E-state index in [1.54, 1.807) is 0 Å². The van der Waals surface area contributed by atoms with E-state index in [1.807, 2.05) is 0 Å². The molecule has 0 spiro atoms. The first-order valence-electron chi connectivity index (χ1n) is 31.7. The Kier molecular flexibility index (Phi) is 17.3. The summed E-state index contributed by atoms with van der Waals surface area (Å²) in [6.07, 6.45) is 19.9. The lowest BCUT2D eigenvalue weighted by Gasteiger charge is -2.09. The molecule has 0 aliphatic carbocycles. The lowest BCUT2D eigenvalue weighted by molar-refractivity contribution is 1.07. The van der Waals surface area contributed by atoms with Gasteiger partial charge in [0.2, 0.25) is 0 Å². The van der Waals surface area contributed by atoms with Gasteiger partial charge in [-0.2, -0.15) is 0 Å². The van der Waals surface area contributed by atoms with Crippen molar-refractivity contribution in [2.45, 2.75) is 200 Å². The lowest BCUT2D eigenvalue weighted by atomic mass is 9.93. The average Bonchev–Trinajstić information content (AvgIpc) is 4.49. The van der Waals surface area contributed by atoms with E-state index >= 15 is 0 Å². The summed E-state index contributed by atoms with van der Waals surface area (Å²) in [5.41, 5.74) is 38.6. The third kappa shape index (κ3) is 9.90. The van der Waals surface area contributed by atoms with E-state index in [0.29, 0.717) is 0 Å². The molecule has 0 amide bonds. The van der Waals surface area contributed by atoms with Crippen LogP contribution in [0, 0.1) is 11.8 Å². The molecule has 16 bridgehead atoms. The highest BCUT2D eigenvalue weighted by molar-refractivity contribution is 6.01. The Balaban J connectivity index is 1.32. The minimum atomic E-state index is 0.821. The first-order chi connectivity index (χ1) is 40.0. The molecule has 0 atom stereocenters. The van der Waals surface area contributed by atoms with Gasteiger partial charge in [-0.3, -0.25) is 0 Å². The SMILES string of the molecule is CCC1=Cc2nc1cc1[nH]c(cc3[nH]c(cc4nc(c2C#C/C=C/c2c5nc(cc6[nH]c(cc7[nH]c(cc8nc2C(CC)=C8CC)c(CC)c7CC)c(CC)c6CC)C(CC)=C5CC)C(CC)=C4CC)c(CC)c3CC)c(CC)c1CC. The molecule has 0 aromatic carbocycles. The van der Waals surface area contributed by atoms with Gasteiger partial charge < -0.3 is 19.9 Å². The van der Waals surface area contributed by atoms with Gasteiger partial charge in [0.05, 0.1) is 51.1 Å². The first-order valence-corrected chi connectivity index (χ1v) is 31.7. The van der Waals surface area contributed by atoms with Crippen LogP contribution in [0.2, 0.25) is 0 Å². The molecule has 10 rings (SSSR count). The fraction of sp³-hybridized carbons (Fsp3) is 0.405. The van der Waals surface area contributed by atoms with Crippen LogP contribution in [-0.4, -0.2) is 39.9 Å². The summed E-state index contributed by atoms with van der Waals surface area (Å²) < 4.78 is 0. The van der Waals surface area contributed by atoms with Crippen molar-refractivity contribution in [3.8, 4) is 11.8 Å². The second-order valence-corrected chi connectivity index (χ2v) is 22.2. The number of nitrogens with one attached hydrogen (secondary N) is 4. The van der Waals surface area contributed by atoms with E-state index in [2.05, 4.69) is 190 Å². The van der Waals surface area contributed by atoms with Crippen molar-refractivity contribution >= 4 is 95.3 Å². The molecule has 4 N–H and O–H groups in total. The maximum Gasteiger partial charge on any atom is 0.0850 e. The number of aryl methyl sites for hydroxylation is 8. The zero-order chi connectivity index (χ0) is 58.1. The zero-order valence-electron chi connectivity index (χ0n) is 52.1. The van der Waals surface area contributed by atoms with Crippen molar-refractivity contribution in [1.29, 1.82) is 0 Å². The highest BCUT2D eigenvalue weighted by Gasteiger charge is 2.28. The van der Waals surface area contributed by atoms with Crippen LogP contribution in [0.3, 0.4) is 0 Å². The molecule has 82 heavy (non-hydrogen) atoms. The number of fused-ring (bicyclic) bond motifs is 16. The number of H-pyrrole nitrogens is 4. The fourth-order valence-corrected chi connectivity index (χ4v) is 14.3. The summed E-state index contributed by atoms with van der Waals surface area (Å²) in [6.45, 7) is 34.1. The molecule has 0 radical (unpaired) electrons. The van der Waals surface area contributed by atoms with Gasteiger partial charge in [0.1, 0.15) is 0 Å². The molecule has 8 nitrogen and oxygen atoms in total. The number of rotatable bonds is 16. The highest BCUT2D eigenvalue weighted by Crippen LogP contribution is 2.44. The molecule has 0 saturated carbocycles. The predicted octanol–water partition coefficient (Wildman–Crippen LogP) is 19.7. The maximum absolute atomic E-state index is 5.73. The smallest absolute Gasteiger partial charge is 0.0850 e. The van der Waals surface area contributed by atoms with Gasteiger partial charge in [0.15, 0.2) is 0 Å². The van der Waals surface area contributed by atoms with Gasteiger partial charge in [0.25, 0.3) is 0 Å². The molecule has 4 aliphatic heterocycles. The number of hydrogen-bond donors (Lipinski definition) is 4. The van der Waals surface area contributed by atoms with Gasteiger partial charge in [-0.15, -0.1) is 0 Å². The lowest BCUT2D eigenvalue weighted by Crippen LogP contribution is -1.94. The Labute approximate surface area is 488 Å². The topological polar surface area (TPSA) is 115 Å². The van der Waals surface area contributed by atoms with Crippen molar-refractivity contribution in [3.05, 3.63) is 144 Å². The van der Waals surface area contributed by atoms with Crippen LogP contribution >= 0.6 is 0 Å². The van der Waals surface area contributed by atoms with Crippen LogP contribution in [0.4, 0.5) is 0 Å². The Hall–Kier alpha value is -7.50. The molecule has 6 aromatic heterocycles. The molecule has 0 unspecified atom stereocenters. The van der Waals surface area contributed by atoms with Crippen molar-refractivity contribution in [3.63, 3.8) is 0 Å². The largest absolute Gasteiger partial charge is 0.355 e. The number of allylic oxidation sites excluding steroid dienone is 8. The minimum absolute atomic E-state index is 0.821. The summed E-state index contributed by atoms with van der Waals surface area (Å²) >= 11 is 0. The minimum Gasteiger partial charge on any atom is -0.355 e. The Morgan fingerprint density at radius 3 is 0.951 bits per heavy atom. The Bertz CT molecular complexity index is 4010. The van der Waals surface area contributed by atoms with Gasteiger partial charge in [-0.1, -0.05) is 116 Å². The van der Waals surface area contributed by atoms with E-state index in [0.717, 1.165) is 175 Å². The van der Waals surface area contributed by atoms with Crippen LogP contribution in [0.1, 0.15) is 250 Å². The second kappa shape index (κ2) is 24.5. The van der Waals surface area contributed by atoms with Gasteiger partial charge in [-0.25, -0.2) is 19.9 Å². The van der Waals surface area contributed by atoms with Gasteiger partial charge in [0, 0.05) is 49.7 Å². The van der Waals surface area contributed by atoms with Gasteiger partial charge >= 0.3 is 0 Å². The molecule has 6 aromatic rings. The molecular formula is C74H88N8. The molecule has 10 heterocycles. The molecule has 8 heteroatoms. The molecule has 0 saturated heterocycles. The molecular weight excluding hydrogens is 1000 g/mol. The van der Waals surface area contributed by atoms with E-state index in [9.17, 15) is 0 Å². The van der Waals surface area contributed by atoms with E-state index < -0.39 is 0 Å². The van der Waals surface area contributed by atoms with E-state index in [1.165, 1.54) is 106 Å². The average molecular weight is 1090 g/mol.